The molecule has 0 amide bonds. The molecule has 0 fully saturated rings. The van der Waals surface area contributed by atoms with Gasteiger partial charge in [0.1, 0.15) is 39.2 Å². The normalized spacial score (nSPS) is 11.3. The summed E-state index contributed by atoms with van der Waals surface area (Å²) in [5.74, 6) is 1.79. The topological polar surface area (TPSA) is 38.7 Å². The van der Waals surface area contributed by atoms with E-state index in [1.807, 2.05) is 84.9 Å². The molecule has 10 radical (unpaired) electrons. The third kappa shape index (κ3) is 4.31. The molecule has 5 aromatic carbocycles. The molecule has 42 heavy (non-hydrogen) atoms. The van der Waals surface area contributed by atoms with Gasteiger partial charge >= 0.3 is 0 Å². The van der Waals surface area contributed by atoms with Crippen molar-refractivity contribution in [3.63, 3.8) is 0 Å². The van der Waals surface area contributed by atoms with E-state index < -0.39 is 0 Å². The van der Waals surface area contributed by atoms with Crippen molar-refractivity contribution >= 4 is 98.1 Å². The van der Waals surface area contributed by atoms with Gasteiger partial charge in [-0.05, 0) is 17.2 Å². The Kier molecular flexibility index (Phi) is 6.63. The molecule has 7 aromatic rings. The molecule has 2 heterocycles. The minimum absolute atomic E-state index is 0.192. The number of benzene rings is 5. The third-order valence-corrected chi connectivity index (χ3v) is 8.72. The van der Waals surface area contributed by atoms with Crippen LogP contribution in [0, 0.1) is 0 Å². The average Bonchev–Trinajstić information content (AvgIpc) is 3.43. The van der Waals surface area contributed by atoms with Crippen molar-refractivity contribution in [3.8, 4) is 45.3 Å². The Balaban J connectivity index is 1.50. The molecule has 0 N–H and O–H groups in total. The summed E-state index contributed by atoms with van der Waals surface area (Å²) in [6, 6.07) is 32.0. The van der Waals surface area contributed by atoms with Crippen LogP contribution >= 0.6 is 11.3 Å². The molecule has 7 rings (SSSR count). The van der Waals surface area contributed by atoms with Gasteiger partial charge in [-0.3, -0.25) is 0 Å². The average molecular weight is 541 g/mol. The summed E-state index contributed by atoms with van der Waals surface area (Å²) in [7, 11) is 31.5. The standard InChI is InChI=1S/C33H16B5N3S/c34-24-23(25(35)27(37)28(38)26(24)36)21-15-7-13-19-20-14-8-16-22(30(20)42-29(19)21)33-40-31(17-9-3-1-4-10-17)39-32(41-33)18-11-5-2-6-12-18/h1-16H. The molecular formula is C33H16B5N3S. The van der Waals surface area contributed by atoms with Gasteiger partial charge in [0.05, 0.1) is 0 Å². The molecular weight excluding hydrogens is 525 g/mol. The minimum atomic E-state index is 0.192. The molecule has 0 saturated carbocycles. The maximum atomic E-state index is 6.47. The van der Waals surface area contributed by atoms with E-state index in [2.05, 4.69) is 12.1 Å². The number of rotatable bonds is 4. The van der Waals surface area contributed by atoms with Crippen molar-refractivity contribution in [1.82, 2.24) is 15.0 Å². The summed E-state index contributed by atoms with van der Waals surface area (Å²) >= 11 is 1.62. The zero-order valence-corrected chi connectivity index (χ0v) is 23.2. The molecule has 0 unspecified atom stereocenters. The lowest BCUT2D eigenvalue weighted by atomic mass is 9.59. The predicted molar refractivity (Wildman–Crippen MR) is 181 cm³/mol. The van der Waals surface area contributed by atoms with E-state index in [9.17, 15) is 0 Å². The summed E-state index contributed by atoms with van der Waals surface area (Å²) in [5, 5.41) is 2.11. The van der Waals surface area contributed by atoms with Gasteiger partial charge in [-0.1, -0.05) is 102 Å². The number of fused-ring (bicyclic) bond motifs is 3. The first-order valence-electron chi connectivity index (χ1n) is 13.3. The van der Waals surface area contributed by atoms with E-state index in [4.69, 9.17) is 54.2 Å². The van der Waals surface area contributed by atoms with Crippen LogP contribution < -0.4 is 27.3 Å². The highest BCUT2D eigenvalue weighted by atomic mass is 32.1. The maximum Gasteiger partial charge on any atom is 0.165 e. The highest BCUT2D eigenvalue weighted by Gasteiger charge is 2.20. The van der Waals surface area contributed by atoms with Crippen LogP contribution in [0.1, 0.15) is 0 Å². The van der Waals surface area contributed by atoms with Crippen LogP contribution in [0.3, 0.4) is 0 Å². The quantitative estimate of drug-likeness (QED) is 0.323. The fourth-order valence-electron chi connectivity index (χ4n) is 5.26. The molecule has 0 bridgehead atoms. The largest absolute Gasteiger partial charge is 0.208 e. The number of nitrogens with zero attached hydrogens (tertiary/aromatic N) is 3. The number of hydrogen-bond donors (Lipinski definition) is 0. The van der Waals surface area contributed by atoms with Gasteiger partial charge in [0, 0.05) is 36.9 Å². The maximum absolute atomic E-state index is 6.47. The van der Waals surface area contributed by atoms with Gasteiger partial charge in [-0.2, -0.15) is 0 Å². The van der Waals surface area contributed by atoms with Crippen molar-refractivity contribution in [2.45, 2.75) is 0 Å². The highest BCUT2D eigenvalue weighted by molar-refractivity contribution is 7.27. The fraction of sp³-hybridized carbons (Fsp3) is 0. The SMILES string of the molecule is [B]c1c([B])c([B])c(-c2cccc3c2sc2c(-c4nc(-c5ccccc5)nc(-c5ccccc5)n4)cccc23)c([B])c1[B]. The highest BCUT2D eigenvalue weighted by Crippen LogP contribution is 2.42. The summed E-state index contributed by atoms with van der Waals surface area (Å²) in [6.07, 6.45) is 0. The van der Waals surface area contributed by atoms with Gasteiger partial charge in [0.25, 0.3) is 0 Å². The van der Waals surface area contributed by atoms with Crippen LogP contribution in [0.15, 0.2) is 97.1 Å². The van der Waals surface area contributed by atoms with Crippen LogP contribution in [-0.2, 0) is 0 Å². The Morgan fingerprint density at radius 3 is 1.36 bits per heavy atom. The zero-order chi connectivity index (χ0) is 29.0. The van der Waals surface area contributed by atoms with E-state index in [1.54, 1.807) is 11.3 Å². The molecule has 3 nitrogen and oxygen atoms in total. The summed E-state index contributed by atoms with van der Waals surface area (Å²) < 4.78 is 2.01. The van der Waals surface area contributed by atoms with Crippen LogP contribution in [0.4, 0.5) is 0 Å². The Hall–Kier alpha value is -4.35. The Labute approximate surface area is 254 Å². The minimum Gasteiger partial charge on any atom is -0.208 e. The monoisotopic (exact) mass is 541 g/mol. The van der Waals surface area contributed by atoms with Crippen LogP contribution in [0.5, 0.6) is 0 Å². The smallest absolute Gasteiger partial charge is 0.165 e. The molecule has 0 spiro atoms. The first-order chi connectivity index (χ1) is 20.4. The van der Waals surface area contributed by atoms with Crippen molar-refractivity contribution in [2.24, 2.45) is 0 Å². The van der Waals surface area contributed by atoms with Crippen LogP contribution in [-0.4, -0.2) is 54.2 Å². The zero-order valence-electron chi connectivity index (χ0n) is 22.4. The van der Waals surface area contributed by atoms with Crippen molar-refractivity contribution in [2.75, 3.05) is 0 Å². The molecule has 2 aromatic heterocycles. The molecule has 184 valence electrons. The second-order valence-corrected chi connectivity index (χ2v) is 11.0. The molecule has 0 aliphatic heterocycles. The summed E-state index contributed by atoms with van der Waals surface area (Å²) in [6.45, 7) is 0. The summed E-state index contributed by atoms with van der Waals surface area (Å²) in [5.41, 5.74) is 5.39. The molecule has 9 heteroatoms. The van der Waals surface area contributed by atoms with Crippen molar-refractivity contribution < 1.29 is 0 Å². The number of thiophene rings is 1. The van der Waals surface area contributed by atoms with E-state index >= 15 is 0 Å². The lowest BCUT2D eigenvalue weighted by molar-refractivity contribution is 1.08. The van der Waals surface area contributed by atoms with Gasteiger partial charge < -0.3 is 0 Å². The predicted octanol–water partition coefficient (Wildman–Crippen LogP) is 2.88. The van der Waals surface area contributed by atoms with Gasteiger partial charge in [-0.15, -0.1) is 27.7 Å². The number of aromatic nitrogens is 3. The molecule has 0 atom stereocenters. The number of hydrogen-bond acceptors (Lipinski definition) is 4. The first-order valence-corrected chi connectivity index (χ1v) is 14.1. The molecule has 0 aliphatic carbocycles. The van der Waals surface area contributed by atoms with Crippen LogP contribution in [0.2, 0.25) is 0 Å². The second kappa shape index (κ2) is 10.5. The van der Waals surface area contributed by atoms with E-state index in [0.717, 1.165) is 42.4 Å². The van der Waals surface area contributed by atoms with Gasteiger partial charge in [-0.25, -0.2) is 15.0 Å². The Morgan fingerprint density at radius 2 is 0.833 bits per heavy atom. The van der Waals surface area contributed by atoms with Gasteiger partial charge in [0.2, 0.25) is 0 Å². The Morgan fingerprint density at radius 1 is 0.405 bits per heavy atom. The van der Waals surface area contributed by atoms with Gasteiger partial charge in [0.15, 0.2) is 17.5 Å². The van der Waals surface area contributed by atoms with E-state index in [1.165, 1.54) is 0 Å². The Bertz CT molecular complexity index is 2060. The fourth-order valence-corrected chi connectivity index (χ4v) is 6.59. The van der Waals surface area contributed by atoms with Crippen LogP contribution in [0.25, 0.3) is 65.5 Å². The van der Waals surface area contributed by atoms with Crippen molar-refractivity contribution in [3.05, 3.63) is 97.1 Å². The van der Waals surface area contributed by atoms with Crippen molar-refractivity contribution in [1.29, 1.82) is 0 Å². The lowest BCUT2D eigenvalue weighted by Gasteiger charge is -2.21. The molecule has 0 aliphatic rings. The lowest BCUT2D eigenvalue weighted by Crippen LogP contribution is -2.55. The molecule has 0 saturated heterocycles. The van der Waals surface area contributed by atoms with E-state index in [-0.39, 0.29) is 16.4 Å². The second-order valence-electron chi connectivity index (χ2n) is 9.95. The first kappa shape index (κ1) is 26.5. The summed E-state index contributed by atoms with van der Waals surface area (Å²) in [4.78, 5) is 14.8. The van der Waals surface area contributed by atoms with E-state index in [0.29, 0.717) is 34.0 Å². The third-order valence-electron chi connectivity index (χ3n) is 7.43.